The van der Waals surface area contributed by atoms with Crippen molar-refractivity contribution in [3.63, 3.8) is 0 Å². The van der Waals surface area contributed by atoms with Crippen molar-refractivity contribution in [2.45, 2.75) is 0 Å². The van der Waals surface area contributed by atoms with Crippen LogP contribution in [0.3, 0.4) is 0 Å². The van der Waals surface area contributed by atoms with Crippen LogP contribution in [0.2, 0.25) is 5.02 Å². The van der Waals surface area contributed by atoms with Crippen LogP contribution in [0.25, 0.3) is 11.1 Å². The van der Waals surface area contributed by atoms with Crippen molar-refractivity contribution in [2.75, 3.05) is 11.1 Å². The number of anilines is 3. The normalized spacial score (nSPS) is 10.2. The first-order chi connectivity index (χ1) is 12.5. The fourth-order valence-corrected chi connectivity index (χ4v) is 2.74. The first-order valence-electron chi connectivity index (χ1n) is 7.68. The van der Waals surface area contributed by atoms with Crippen molar-refractivity contribution < 1.29 is 9.90 Å². The van der Waals surface area contributed by atoms with Crippen LogP contribution in [0.15, 0.2) is 60.7 Å². The van der Waals surface area contributed by atoms with Crippen LogP contribution in [0, 0.1) is 11.3 Å². The van der Waals surface area contributed by atoms with E-state index < -0.39 is 5.97 Å². The van der Waals surface area contributed by atoms with E-state index in [1.54, 1.807) is 18.2 Å². The molecular formula is C20H14ClN3O2. The summed E-state index contributed by atoms with van der Waals surface area (Å²) in [7, 11) is 0. The molecule has 0 aliphatic rings. The van der Waals surface area contributed by atoms with Crippen LogP contribution in [0.5, 0.6) is 0 Å². The van der Waals surface area contributed by atoms with Crippen LogP contribution < -0.4 is 11.1 Å². The first-order valence-corrected chi connectivity index (χ1v) is 8.05. The lowest BCUT2D eigenvalue weighted by atomic mass is 10.0. The SMILES string of the molecule is N#Cc1ccc(-c2cccc(Nc3cc(C(=O)O)ccc3N)c2)cc1Cl. The number of rotatable bonds is 4. The smallest absolute Gasteiger partial charge is 0.335 e. The number of carboxylic acid groups (broad SMARTS) is 1. The van der Waals surface area contributed by atoms with Gasteiger partial charge < -0.3 is 16.2 Å². The van der Waals surface area contributed by atoms with Gasteiger partial charge in [-0.2, -0.15) is 5.26 Å². The van der Waals surface area contributed by atoms with Crippen molar-refractivity contribution in [3.8, 4) is 17.2 Å². The van der Waals surface area contributed by atoms with Crippen molar-refractivity contribution in [1.82, 2.24) is 0 Å². The van der Waals surface area contributed by atoms with E-state index in [1.165, 1.54) is 12.1 Å². The molecule has 0 bridgehead atoms. The molecule has 0 spiro atoms. The minimum Gasteiger partial charge on any atom is -0.478 e. The molecule has 3 rings (SSSR count). The maximum Gasteiger partial charge on any atom is 0.335 e. The van der Waals surface area contributed by atoms with E-state index >= 15 is 0 Å². The average Bonchev–Trinajstić information content (AvgIpc) is 2.63. The number of nitrogens with zero attached hydrogens (tertiary/aromatic N) is 1. The first kappa shape index (κ1) is 17.3. The lowest BCUT2D eigenvalue weighted by Crippen LogP contribution is -2.01. The summed E-state index contributed by atoms with van der Waals surface area (Å²) in [5, 5.41) is 21.6. The Morgan fingerprint density at radius 3 is 2.54 bits per heavy atom. The molecule has 0 amide bonds. The molecule has 0 aromatic heterocycles. The summed E-state index contributed by atoms with van der Waals surface area (Å²) in [5.41, 5.74) is 9.97. The number of nitriles is 1. The van der Waals surface area contributed by atoms with Crippen LogP contribution in [-0.4, -0.2) is 11.1 Å². The monoisotopic (exact) mass is 363 g/mol. The van der Waals surface area contributed by atoms with E-state index in [0.29, 0.717) is 22.0 Å². The topological polar surface area (TPSA) is 99.1 Å². The van der Waals surface area contributed by atoms with Crippen LogP contribution in [0.1, 0.15) is 15.9 Å². The molecule has 128 valence electrons. The summed E-state index contributed by atoms with van der Waals surface area (Å²) in [6, 6.07) is 19.3. The lowest BCUT2D eigenvalue weighted by Gasteiger charge is -2.12. The third-order valence-corrected chi connectivity index (χ3v) is 4.18. The molecule has 0 fully saturated rings. The maximum absolute atomic E-state index is 11.1. The summed E-state index contributed by atoms with van der Waals surface area (Å²) in [4.78, 5) is 11.1. The number of aromatic carboxylic acids is 1. The predicted octanol–water partition coefficient (Wildman–Crippen LogP) is 4.90. The predicted molar refractivity (Wildman–Crippen MR) is 103 cm³/mol. The van der Waals surface area contributed by atoms with Crippen molar-refractivity contribution in [3.05, 3.63) is 76.8 Å². The number of nitrogens with two attached hydrogens (primary N) is 1. The Balaban J connectivity index is 1.93. The Labute approximate surface area is 155 Å². The molecular weight excluding hydrogens is 350 g/mol. The summed E-state index contributed by atoms with van der Waals surface area (Å²) in [5.74, 6) is -1.02. The molecule has 3 aromatic rings. The number of benzene rings is 3. The Bertz CT molecular complexity index is 1040. The Morgan fingerprint density at radius 2 is 1.85 bits per heavy atom. The molecule has 26 heavy (non-hydrogen) atoms. The van der Waals surface area contributed by atoms with Gasteiger partial charge in [0.25, 0.3) is 0 Å². The van der Waals surface area contributed by atoms with Gasteiger partial charge in [-0.15, -0.1) is 0 Å². The van der Waals surface area contributed by atoms with Gasteiger partial charge in [-0.05, 0) is 53.6 Å². The Hall–Kier alpha value is -3.49. The molecule has 0 saturated heterocycles. The second-order valence-electron chi connectivity index (χ2n) is 5.62. The van der Waals surface area contributed by atoms with Gasteiger partial charge >= 0.3 is 5.97 Å². The zero-order chi connectivity index (χ0) is 18.7. The number of halogens is 1. The molecule has 5 nitrogen and oxygen atoms in total. The Morgan fingerprint density at radius 1 is 1.08 bits per heavy atom. The van der Waals surface area contributed by atoms with E-state index in [4.69, 9.17) is 27.7 Å². The number of hydrogen-bond donors (Lipinski definition) is 3. The number of carboxylic acids is 1. The largest absolute Gasteiger partial charge is 0.478 e. The second kappa shape index (κ2) is 7.18. The molecule has 0 aliphatic heterocycles. The highest BCUT2D eigenvalue weighted by Crippen LogP contribution is 2.30. The van der Waals surface area contributed by atoms with Gasteiger partial charge in [-0.1, -0.05) is 29.8 Å². The van der Waals surface area contributed by atoms with E-state index in [-0.39, 0.29) is 5.56 Å². The van der Waals surface area contributed by atoms with Gasteiger partial charge in [0.1, 0.15) is 6.07 Å². The van der Waals surface area contributed by atoms with Crippen LogP contribution in [0.4, 0.5) is 17.1 Å². The molecule has 0 heterocycles. The summed E-state index contributed by atoms with van der Waals surface area (Å²) >= 11 is 6.11. The molecule has 3 aromatic carbocycles. The summed E-state index contributed by atoms with van der Waals surface area (Å²) < 4.78 is 0. The standard InChI is InChI=1S/C20H14ClN3O2/c21-17-9-13(4-5-15(17)11-22)12-2-1-3-16(8-12)24-19-10-14(20(25)26)6-7-18(19)23/h1-10,24H,23H2,(H,25,26). The molecule has 0 unspecified atom stereocenters. The molecule has 0 aliphatic carbocycles. The maximum atomic E-state index is 11.1. The van der Waals surface area contributed by atoms with Gasteiger partial charge in [0.05, 0.1) is 27.5 Å². The van der Waals surface area contributed by atoms with E-state index in [1.807, 2.05) is 36.4 Å². The summed E-state index contributed by atoms with van der Waals surface area (Å²) in [6.45, 7) is 0. The van der Waals surface area contributed by atoms with Crippen LogP contribution >= 0.6 is 11.6 Å². The van der Waals surface area contributed by atoms with Crippen molar-refractivity contribution in [2.24, 2.45) is 0 Å². The zero-order valence-electron chi connectivity index (χ0n) is 13.5. The zero-order valence-corrected chi connectivity index (χ0v) is 14.3. The number of carbonyl (C=O) groups is 1. The van der Waals surface area contributed by atoms with E-state index in [9.17, 15) is 4.79 Å². The minimum absolute atomic E-state index is 0.150. The molecule has 0 atom stereocenters. The van der Waals surface area contributed by atoms with Gasteiger partial charge in [-0.25, -0.2) is 4.79 Å². The van der Waals surface area contributed by atoms with Gasteiger partial charge in [-0.3, -0.25) is 0 Å². The lowest BCUT2D eigenvalue weighted by molar-refractivity contribution is 0.0697. The third-order valence-electron chi connectivity index (χ3n) is 3.86. The average molecular weight is 364 g/mol. The number of hydrogen-bond acceptors (Lipinski definition) is 4. The fourth-order valence-electron chi connectivity index (χ4n) is 2.51. The minimum atomic E-state index is -1.02. The highest BCUT2D eigenvalue weighted by Gasteiger charge is 2.08. The molecule has 4 N–H and O–H groups in total. The number of nitrogen functional groups attached to an aromatic ring is 1. The van der Waals surface area contributed by atoms with Gasteiger partial charge in [0, 0.05) is 5.69 Å². The van der Waals surface area contributed by atoms with E-state index in [2.05, 4.69) is 5.32 Å². The van der Waals surface area contributed by atoms with Crippen LogP contribution in [-0.2, 0) is 0 Å². The second-order valence-corrected chi connectivity index (χ2v) is 6.03. The van der Waals surface area contributed by atoms with E-state index in [0.717, 1.165) is 16.8 Å². The third kappa shape index (κ3) is 3.61. The molecule has 0 saturated carbocycles. The van der Waals surface area contributed by atoms with Gasteiger partial charge in [0.2, 0.25) is 0 Å². The Kier molecular flexibility index (Phi) is 4.78. The fraction of sp³-hybridized carbons (Fsp3) is 0. The quantitative estimate of drug-likeness (QED) is 0.572. The highest BCUT2D eigenvalue weighted by atomic mass is 35.5. The molecule has 0 radical (unpaired) electrons. The molecule has 6 heteroatoms. The van der Waals surface area contributed by atoms with Gasteiger partial charge in [0.15, 0.2) is 0 Å². The summed E-state index contributed by atoms with van der Waals surface area (Å²) in [6.07, 6.45) is 0. The van der Waals surface area contributed by atoms with Crippen molar-refractivity contribution >= 4 is 34.6 Å². The highest BCUT2D eigenvalue weighted by molar-refractivity contribution is 6.32. The number of nitrogens with one attached hydrogen (secondary N) is 1. The van der Waals surface area contributed by atoms with Crippen molar-refractivity contribution in [1.29, 1.82) is 5.26 Å².